The van der Waals surface area contributed by atoms with Crippen LogP contribution in [0.15, 0.2) is 12.1 Å². The first-order chi connectivity index (χ1) is 7.60. The summed E-state index contributed by atoms with van der Waals surface area (Å²) >= 11 is 0. The van der Waals surface area contributed by atoms with E-state index in [9.17, 15) is 10.1 Å². The fourth-order valence-corrected chi connectivity index (χ4v) is 1.54. The van der Waals surface area contributed by atoms with Crippen LogP contribution in [-0.2, 0) is 22.7 Å². The van der Waals surface area contributed by atoms with Crippen molar-refractivity contribution >= 4 is 5.69 Å². The van der Waals surface area contributed by atoms with Gasteiger partial charge in [0.25, 0.3) is 5.69 Å². The summed E-state index contributed by atoms with van der Waals surface area (Å²) in [4.78, 5) is 10.3. The highest BCUT2D eigenvalue weighted by Crippen LogP contribution is 2.23. The fraction of sp³-hybridized carbons (Fsp3) is 0.455. The molecule has 0 spiro atoms. The number of rotatable bonds is 5. The van der Waals surface area contributed by atoms with Gasteiger partial charge in [-0.1, -0.05) is 0 Å². The molecule has 0 unspecified atom stereocenters. The Bertz CT molecular complexity index is 363. The monoisotopic (exact) mass is 225 g/mol. The van der Waals surface area contributed by atoms with E-state index in [2.05, 4.69) is 0 Å². The van der Waals surface area contributed by atoms with Crippen molar-refractivity contribution < 1.29 is 14.4 Å². The number of hydrogen-bond acceptors (Lipinski definition) is 4. The Morgan fingerprint density at radius 1 is 1.19 bits per heavy atom. The van der Waals surface area contributed by atoms with Crippen LogP contribution in [0.2, 0.25) is 0 Å². The third-order valence-corrected chi connectivity index (χ3v) is 2.42. The first kappa shape index (κ1) is 12.6. The van der Waals surface area contributed by atoms with E-state index in [4.69, 9.17) is 9.47 Å². The first-order valence-corrected chi connectivity index (χ1v) is 4.84. The lowest BCUT2D eigenvalue weighted by Gasteiger charge is -2.10. The predicted molar refractivity (Wildman–Crippen MR) is 59.3 cm³/mol. The number of nitrogens with zero attached hydrogens (tertiary/aromatic N) is 1. The minimum atomic E-state index is -0.405. The molecule has 0 radical (unpaired) electrons. The van der Waals surface area contributed by atoms with Crippen molar-refractivity contribution in [3.05, 3.63) is 38.9 Å². The Hall–Kier alpha value is -1.46. The van der Waals surface area contributed by atoms with E-state index in [-0.39, 0.29) is 5.69 Å². The molecule has 0 N–H and O–H groups in total. The average Bonchev–Trinajstić information content (AvgIpc) is 2.24. The van der Waals surface area contributed by atoms with E-state index in [1.807, 2.05) is 6.92 Å². The van der Waals surface area contributed by atoms with E-state index in [1.54, 1.807) is 14.2 Å². The molecule has 0 amide bonds. The van der Waals surface area contributed by atoms with Gasteiger partial charge in [-0.2, -0.15) is 0 Å². The third-order valence-electron chi connectivity index (χ3n) is 2.42. The minimum Gasteiger partial charge on any atom is -0.380 e. The van der Waals surface area contributed by atoms with Crippen LogP contribution in [0.1, 0.15) is 16.7 Å². The fourth-order valence-electron chi connectivity index (χ4n) is 1.54. The quantitative estimate of drug-likeness (QED) is 0.569. The summed E-state index contributed by atoms with van der Waals surface area (Å²) in [6.45, 7) is 2.64. The largest absolute Gasteiger partial charge is 0.380 e. The summed E-state index contributed by atoms with van der Waals surface area (Å²) in [6, 6.07) is 3.08. The zero-order chi connectivity index (χ0) is 12.1. The maximum Gasteiger partial charge on any atom is 0.270 e. The van der Waals surface area contributed by atoms with Gasteiger partial charge in [-0.15, -0.1) is 0 Å². The number of non-ortho nitro benzene ring substituents is 1. The van der Waals surface area contributed by atoms with Crippen LogP contribution in [0.25, 0.3) is 0 Å². The topological polar surface area (TPSA) is 61.6 Å². The molecule has 5 nitrogen and oxygen atoms in total. The van der Waals surface area contributed by atoms with Crippen molar-refractivity contribution in [2.45, 2.75) is 20.1 Å². The van der Waals surface area contributed by atoms with Gasteiger partial charge in [-0.3, -0.25) is 10.1 Å². The summed E-state index contributed by atoms with van der Waals surface area (Å²) in [5, 5.41) is 10.7. The summed E-state index contributed by atoms with van der Waals surface area (Å²) < 4.78 is 10.0. The molecule has 5 heteroatoms. The minimum absolute atomic E-state index is 0.0738. The maximum atomic E-state index is 10.7. The van der Waals surface area contributed by atoms with Crippen LogP contribution in [-0.4, -0.2) is 19.1 Å². The van der Waals surface area contributed by atoms with Crippen LogP contribution in [0, 0.1) is 17.0 Å². The summed E-state index contributed by atoms with van der Waals surface area (Å²) in [5.74, 6) is 0. The molecule has 88 valence electrons. The molecule has 1 rings (SSSR count). The smallest absolute Gasteiger partial charge is 0.270 e. The van der Waals surface area contributed by atoms with Gasteiger partial charge in [0.2, 0.25) is 0 Å². The van der Waals surface area contributed by atoms with Crippen molar-refractivity contribution in [3.8, 4) is 0 Å². The first-order valence-electron chi connectivity index (χ1n) is 4.84. The van der Waals surface area contributed by atoms with Gasteiger partial charge in [-0.25, -0.2) is 0 Å². The Kier molecular flexibility index (Phi) is 4.39. The van der Waals surface area contributed by atoms with Gasteiger partial charge < -0.3 is 9.47 Å². The van der Waals surface area contributed by atoms with Crippen LogP contribution < -0.4 is 0 Å². The molecular formula is C11H15NO4. The second kappa shape index (κ2) is 5.58. The molecule has 1 aromatic carbocycles. The molecule has 0 aromatic heterocycles. The van der Waals surface area contributed by atoms with Gasteiger partial charge in [0.05, 0.1) is 18.1 Å². The van der Waals surface area contributed by atoms with Crippen molar-refractivity contribution in [2.75, 3.05) is 14.2 Å². The molecule has 0 atom stereocenters. The third kappa shape index (κ3) is 2.77. The molecular weight excluding hydrogens is 210 g/mol. The Morgan fingerprint density at radius 2 is 1.62 bits per heavy atom. The number of ether oxygens (including phenoxy) is 2. The lowest BCUT2D eigenvalue weighted by molar-refractivity contribution is -0.385. The van der Waals surface area contributed by atoms with E-state index in [0.29, 0.717) is 13.2 Å². The summed E-state index contributed by atoms with van der Waals surface area (Å²) in [7, 11) is 3.13. The van der Waals surface area contributed by atoms with Crippen LogP contribution in [0.5, 0.6) is 0 Å². The predicted octanol–water partition coefficient (Wildman–Crippen LogP) is 2.20. The highest BCUT2D eigenvalue weighted by molar-refractivity contribution is 5.44. The number of methoxy groups -OCH3 is 2. The van der Waals surface area contributed by atoms with Crippen molar-refractivity contribution in [1.29, 1.82) is 0 Å². The SMILES string of the molecule is COCc1cc([N+](=O)[O-])cc(COC)c1C. The van der Waals surface area contributed by atoms with Crippen LogP contribution in [0.4, 0.5) is 5.69 Å². The average molecular weight is 225 g/mol. The van der Waals surface area contributed by atoms with E-state index in [1.165, 1.54) is 12.1 Å². The zero-order valence-electron chi connectivity index (χ0n) is 9.65. The second-order valence-electron chi connectivity index (χ2n) is 3.51. The van der Waals surface area contributed by atoms with Gasteiger partial charge in [0.1, 0.15) is 0 Å². The molecule has 16 heavy (non-hydrogen) atoms. The molecule has 0 saturated heterocycles. The van der Waals surface area contributed by atoms with Gasteiger partial charge in [0, 0.05) is 26.4 Å². The van der Waals surface area contributed by atoms with E-state index in [0.717, 1.165) is 16.7 Å². The van der Waals surface area contributed by atoms with Gasteiger partial charge in [-0.05, 0) is 23.6 Å². The standard InChI is InChI=1S/C11H15NO4/c1-8-9(6-15-2)4-11(12(13)14)5-10(8)7-16-3/h4-5H,6-7H2,1-3H3. The Morgan fingerprint density at radius 3 is 1.94 bits per heavy atom. The summed E-state index contributed by atoms with van der Waals surface area (Å²) in [5.41, 5.74) is 2.70. The van der Waals surface area contributed by atoms with Crippen LogP contribution >= 0.6 is 0 Å². The highest BCUT2D eigenvalue weighted by atomic mass is 16.6. The molecule has 0 saturated carbocycles. The molecule has 1 aromatic rings. The normalized spacial score (nSPS) is 10.4. The van der Waals surface area contributed by atoms with Gasteiger partial charge >= 0.3 is 0 Å². The molecule has 0 aliphatic heterocycles. The van der Waals surface area contributed by atoms with Crippen molar-refractivity contribution in [3.63, 3.8) is 0 Å². The highest BCUT2D eigenvalue weighted by Gasteiger charge is 2.13. The van der Waals surface area contributed by atoms with Crippen molar-refractivity contribution in [1.82, 2.24) is 0 Å². The number of nitro benzene ring substituents is 1. The molecule has 0 fully saturated rings. The Labute approximate surface area is 94.1 Å². The second-order valence-corrected chi connectivity index (χ2v) is 3.51. The number of hydrogen-bond donors (Lipinski definition) is 0. The van der Waals surface area contributed by atoms with Crippen molar-refractivity contribution in [2.24, 2.45) is 0 Å². The Balaban J connectivity index is 3.21. The molecule has 0 aliphatic rings. The molecule has 0 heterocycles. The van der Waals surface area contributed by atoms with Gasteiger partial charge in [0.15, 0.2) is 0 Å². The number of benzene rings is 1. The van der Waals surface area contributed by atoms with E-state index < -0.39 is 4.92 Å². The maximum absolute atomic E-state index is 10.7. The van der Waals surface area contributed by atoms with Crippen LogP contribution in [0.3, 0.4) is 0 Å². The van der Waals surface area contributed by atoms with E-state index >= 15 is 0 Å². The lowest BCUT2D eigenvalue weighted by Crippen LogP contribution is -2.01. The number of nitro groups is 1. The lowest BCUT2D eigenvalue weighted by atomic mass is 10.0. The molecule has 0 aliphatic carbocycles. The molecule has 0 bridgehead atoms. The summed E-state index contributed by atoms with van der Waals surface area (Å²) in [6.07, 6.45) is 0. The zero-order valence-corrected chi connectivity index (χ0v) is 9.65.